The topological polar surface area (TPSA) is 85.4 Å². The number of nitrogens with zero attached hydrogens (tertiary/aromatic N) is 1. The van der Waals surface area contributed by atoms with Gasteiger partial charge in [0.25, 0.3) is 0 Å². The van der Waals surface area contributed by atoms with Gasteiger partial charge in [-0.3, -0.25) is 4.79 Å². The van der Waals surface area contributed by atoms with Crippen molar-refractivity contribution >= 4 is 80.3 Å². The summed E-state index contributed by atoms with van der Waals surface area (Å²) >= 11 is 0.956. The second-order valence-electron chi connectivity index (χ2n) is 8.98. The molecule has 1 amide bonds. The number of carbonyl (C=O) groups excluding carboxylic acids is 1. The summed E-state index contributed by atoms with van der Waals surface area (Å²) in [6.45, 7) is 0.211. The Morgan fingerprint density at radius 1 is 1.00 bits per heavy atom. The van der Waals surface area contributed by atoms with Gasteiger partial charge in [-0.2, -0.15) is 21.6 Å². The summed E-state index contributed by atoms with van der Waals surface area (Å²) in [6, 6.07) is 17.8. The van der Waals surface area contributed by atoms with Crippen LogP contribution in [0.5, 0.6) is 5.75 Å². The molecule has 42 heavy (non-hydrogen) atoms. The van der Waals surface area contributed by atoms with Gasteiger partial charge in [-0.25, -0.2) is 18.5 Å². The van der Waals surface area contributed by atoms with Crippen LogP contribution in [-0.4, -0.2) is 60.1 Å². The Morgan fingerprint density at radius 2 is 1.74 bits per heavy atom. The molecule has 4 aromatic rings. The van der Waals surface area contributed by atoms with Gasteiger partial charge in [0.15, 0.2) is 11.6 Å². The number of nitrogens with one attached hydrogen (secondary N) is 1. The van der Waals surface area contributed by atoms with Crippen molar-refractivity contribution in [1.29, 1.82) is 0 Å². The standard InChI is InChI=1S/C28H19F5N2O4S2.Na.H/c29-22-12-17-7-9-19(34-24(17)13-23(22)30)8-5-16-6-10-25-21(11-16)27(20-4-2-1-3-18(20)14-39-25)40-15-26(36)35-41(37,38)28(31,32)33;;/h1-13,27H,14-15H2,(H,35,36);;/b8-5+;;. The second-order valence-corrected chi connectivity index (χ2v) is 11.7. The number of carbonyl (C=O) groups is 1. The Balaban J connectivity index is 0.00000405. The van der Waals surface area contributed by atoms with Crippen molar-refractivity contribution in [2.45, 2.75) is 17.4 Å². The third kappa shape index (κ3) is 6.97. The number of hydrogen-bond donors (Lipinski definition) is 1. The maximum absolute atomic E-state index is 13.7. The number of aromatic nitrogens is 1. The van der Waals surface area contributed by atoms with E-state index in [1.54, 1.807) is 60.7 Å². The van der Waals surface area contributed by atoms with E-state index in [-0.39, 0.29) is 41.7 Å². The molecule has 1 aromatic heterocycles. The fraction of sp³-hybridized carbons (Fsp3) is 0.143. The van der Waals surface area contributed by atoms with E-state index in [0.29, 0.717) is 28.0 Å². The molecule has 0 saturated heterocycles. The van der Waals surface area contributed by atoms with Crippen LogP contribution in [0, 0.1) is 11.6 Å². The molecule has 2 heterocycles. The first-order valence-corrected chi connectivity index (χ1v) is 14.5. The number of thioether (sulfide) groups is 1. The number of ether oxygens (including phenoxy) is 1. The minimum atomic E-state index is -5.83. The molecule has 0 aliphatic carbocycles. The molecule has 14 heteroatoms. The number of benzene rings is 3. The summed E-state index contributed by atoms with van der Waals surface area (Å²) in [4.78, 5) is 16.6. The van der Waals surface area contributed by atoms with E-state index >= 15 is 0 Å². The molecule has 0 fully saturated rings. The SMILES string of the molecule is O=C(CSC1c2ccccc2COc2ccc(/C=C/c3ccc4cc(F)c(F)cc4n3)cc21)NS(=O)(=O)C(F)(F)F.[NaH]. The fourth-order valence-corrected chi connectivity index (χ4v) is 5.98. The van der Waals surface area contributed by atoms with Gasteiger partial charge in [0.05, 0.1) is 22.2 Å². The predicted octanol–water partition coefficient (Wildman–Crippen LogP) is 5.72. The summed E-state index contributed by atoms with van der Waals surface area (Å²) in [7, 11) is -5.83. The number of hydrogen-bond acceptors (Lipinski definition) is 6. The van der Waals surface area contributed by atoms with Crippen molar-refractivity contribution in [2.75, 3.05) is 5.75 Å². The van der Waals surface area contributed by atoms with Gasteiger partial charge in [0, 0.05) is 17.0 Å². The molecule has 1 unspecified atom stereocenters. The number of amides is 1. The van der Waals surface area contributed by atoms with Crippen molar-refractivity contribution < 1.29 is 39.9 Å². The van der Waals surface area contributed by atoms with Crippen LogP contribution in [0.15, 0.2) is 66.7 Å². The molecule has 1 aliphatic rings. The Kier molecular flexibility index (Phi) is 9.68. The van der Waals surface area contributed by atoms with E-state index in [4.69, 9.17) is 4.74 Å². The van der Waals surface area contributed by atoms with Crippen LogP contribution < -0.4 is 9.46 Å². The monoisotopic (exact) mass is 630 g/mol. The molecule has 0 spiro atoms. The molecule has 1 aliphatic heterocycles. The van der Waals surface area contributed by atoms with Crippen LogP contribution >= 0.6 is 11.8 Å². The normalized spacial score (nSPS) is 14.8. The molecule has 1 atom stereocenters. The van der Waals surface area contributed by atoms with Gasteiger partial charge < -0.3 is 4.74 Å². The molecule has 3 aromatic carbocycles. The van der Waals surface area contributed by atoms with Crippen molar-refractivity contribution in [1.82, 2.24) is 9.71 Å². The predicted molar refractivity (Wildman–Crippen MR) is 152 cm³/mol. The van der Waals surface area contributed by atoms with Gasteiger partial charge in [0.2, 0.25) is 5.91 Å². The van der Waals surface area contributed by atoms with Crippen molar-refractivity contribution in [3.05, 3.63) is 106 Å². The number of sulfonamides is 1. The number of fused-ring (bicyclic) bond motifs is 3. The van der Waals surface area contributed by atoms with Crippen molar-refractivity contribution in [2.24, 2.45) is 0 Å². The van der Waals surface area contributed by atoms with E-state index < -0.39 is 44.1 Å². The van der Waals surface area contributed by atoms with Crippen molar-refractivity contribution in [3.63, 3.8) is 0 Å². The molecule has 5 rings (SSSR count). The average Bonchev–Trinajstić information content (AvgIpc) is 3.07. The summed E-state index contributed by atoms with van der Waals surface area (Å²) in [5.74, 6) is -3.38. The van der Waals surface area contributed by atoms with E-state index in [9.17, 15) is 35.2 Å². The number of alkyl halides is 3. The summed E-state index contributed by atoms with van der Waals surface area (Å²) < 4.78 is 95.1. The maximum atomic E-state index is 13.7. The number of pyridine rings is 1. The second kappa shape index (κ2) is 12.7. The minimum absolute atomic E-state index is 0. The summed E-state index contributed by atoms with van der Waals surface area (Å²) in [5.41, 5.74) is -1.99. The van der Waals surface area contributed by atoms with Crippen molar-refractivity contribution in [3.8, 4) is 5.75 Å². The molecule has 214 valence electrons. The Morgan fingerprint density at radius 3 is 2.50 bits per heavy atom. The van der Waals surface area contributed by atoms with Crippen LogP contribution in [0.1, 0.15) is 33.2 Å². The number of rotatable bonds is 6. The van der Waals surface area contributed by atoms with Crippen LogP contribution in [0.4, 0.5) is 22.0 Å². The zero-order valence-corrected chi connectivity index (χ0v) is 22.4. The van der Waals surface area contributed by atoms with Gasteiger partial charge in [-0.15, -0.1) is 11.8 Å². The Bertz CT molecular complexity index is 1800. The molecular formula is C28H20F5N2NaO4S2. The van der Waals surface area contributed by atoms with Gasteiger partial charge >= 0.3 is 45.1 Å². The van der Waals surface area contributed by atoms with Crippen LogP contribution in [0.2, 0.25) is 0 Å². The summed E-state index contributed by atoms with van der Waals surface area (Å²) in [6.07, 6.45) is 3.40. The first-order chi connectivity index (χ1) is 19.4. The van der Waals surface area contributed by atoms with E-state index in [0.717, 1.165) is 39.7 Å². The Hall–Kier alpha value is -2.97. The van der Waals surface area contributed by atoms with Gasteiger partial charge in [-0.1, -0.05) is 42.5 Å². The number of halogens is 5. The molecule has 0 bridgehead atoms. The zero-order chi connectivity index (χ0) is 29.4. The van der Waals surface area contributed by atoms with Crippen LogP contribution in [0.3, 0.4) is 0 Å². The van der Waals surface area contributed by atoms with Gasteiger partial charge in [0.1, 0.15) is 12.4 Å². The Labute approximate surface area is 263 Å². The molecule has 0 radical (unpaired) electrons. The fourth-order valence-electron chi connectivity index (χ4n) is 4.24. The molecule has 1 N–H and O–H groups in total. The van der Waals surface area contributed by atoms with Crippen LogP contribution in [0.25, 0.3) is 23.1 Å². The van der Waals surface area contributed by atoms with E-state index in [2.05, 4.69) is 4.98 Å². The van der Waals surface area contributed by atoms with Gasteiger partial charge in [-0.05, 0) is 47.0 Å². The summed E-state index contributed by atoms with van der Waals surface area (Å²) in [5, 5.41) is -0.137. The third-order valence-corrected chi connectivity index (χ3v) is 8.55. The molecular weight excluding hydrogens is 610 g/mol. The average molecular weight is 631 g/mol. The van der Waals surface area contributed by atoms with Crippen LogP contribution in [-0.2, 0) is 21.4 Å². The first kappa shape index (κ1) is 32.0. The first-order valence-electron chi connectivity index (χ1n) is 11.9. The molecule has 6 nitrogen and oxygen atoms in total. The molecule has 0 saturated carbocycles. The quantitative estimate of drug-likeness (QED) is 0.217. The van der Waals surface area contributed by atoms with E-state index in [1.165, 1.54) is 0 Å². The third-order valence-electron chi connectivity index (χ3n) is 6.17. The zero-order valence-electron chi connectivity index (χ0n) is 20.8. The van der Waals surface area contributed by atoms with E-state index in [1.807, 2.05) is 6.07 Å².